The lowest BCUT2D eigenvalue weighted by molar-refractivity contribution is -0.119. The van der Waals surface area contributed by atoms with Gasteiger partial charge in [-0.1, -0.05) is 12.1 Å². The van der Waals surface area contributed by atoms with Crippen LogP contribution in [0, 0.1) is 20.8 Å². The van der Waals surface area contributed by atoms with Gasteiger partial charge in [-0.2, -0.15) is 4.37 Å². The first-order valence-corrected chi connectivity index (χ1v) is 7.42. The molecule has 0 saturated carbocycles. The van der Waals surface area contributed by atoms with Gasteiger partial charge in [0.1, 0.15) is 10.6 Å². The van der Waals surface area contributed by atoms with E-state index in [0.717, 1.165) is 22.7 Å². The van der Waals surface area contributed by atoms with Gasteiger partial charge in [0.25, 0.3) is 5.91 Å². The SMILES string of the molecule is Cc1cccc(NC(=O)COC(=O)c2c(C)nsc2N)c1C. The van der Waals surface area contributed by atoms with E-state index >= 15 is 0 Å². The predicted molar refractivity (Wildman–Crippen MR) is 86.1 cm³/mol. The maximum atomic E-state index is 11.9. The highest BCUT2D eigenvalue weighted by molar-refractivity contribution is 7.10. The van der Waals surface area contributed by atoms with Crippen LogP contribution in [0.4, 0.5) is 10.7 Å². The molecule has 1 aromatic carbocycles. The molecule has 3 N–H and O–H groups in total. The first-order chi connectivity index (χ1) is 10.4. The first kappa shape index (κ1) is 16.0. The molecular weight excluding hydrogens is 302 g/mol. The van der Waals surface area contributed by atoms with Crippen molar-refractivity contribution in [2.75, 3.05) is 17.7 Å². The second-order valence-corrected chi connectivity index (χ2v) is 5.68. The van der Waals surface area contributed by atoms with Gasteiger partial charge in [0, 0.05) is 5.69 Å². The van der Waals surface area contributed by atoms with Crippen LogP contribution < -0.4 is 11.1 Å². The fourth-order valence-corrected chi connectivity index (χ4v) is 2.56. The Morgan fingerprint density at radius 3 is 2.68 bits per heavy atom. The quantitative estimate of drug-likeness (QED) is 0.844. The van der Waals surface area contributed by atoms with Gasteiger partial charge in [-0.15, -0.1) is 0 Å². The maximum Gasteiger partial charge on any atom is 0.343 e. The van der Waals surface area contributed by atoms with Gasteiger partial charge in [-0.25, -0.2) is 4.79 Å². The molecule has 0 radical (unpaired) electrons. The summed E-state index contributed by atoms with van der Waals surface area (Å²) in [7, 11) is 0. The van der Waals surface area contributed by atoms with Gasteiger partial charge in [0.05, 0.1) is 5.69 Å². The van der Waals surface area contributed by atoms with Crippen molar-refractivity contribution in [3.63, 3.8) is 0 Å². The lowest BCUT2D eigenvalue weighted by atomic mass is 10.1. The van der Waals surface area contributed by atoms with Crippen LogP contribution in [0.25, 0.3) is 0 Å². The lowest BCUT2D eigenvalue weighted by Gasteiger charge is -2.10. The molecule has 1 heterocycles. The van der Waals surface area contributed by atoms with E-state index in [0.29, 0.717) is 11.4 Å². The van der Waals surface area contributed by atoms with Crippen molar-refractivity contribution < 1.29 is 14.3 Å². The second-order valence-electron chi connectivity index (χ2n) is 4.88. The zero-order valence-corrected chi connectivity index (χ0v) is 13.4. The summed E-state index contributed by atoms with van der Waals surface area (Å²) in [6.07, 6.45) is 0. The molecule has 0 aliphatic heterocycles. The molecule has 7 heteroatoms. The number of anilines is 2. The molecule has 6 nitrogen and oxygen atoms in total. The number of aromatic nitrogens is 1. The number of ether oxygens (including phenoxy) is 1. The Morgan fingerprint density at radius 1 is 1.32 bits per heavy atom. The molecule has 1 aromatic heterocycles. The summed E-state index contributed by atoms with van der Waals surface area (Å²) in [5.74, 6) is -1.04. The van der Waals surface area contributed by atoms with Crippen LogP contribution in [0.5, 0.6) is 0 Å². The van der Waals surface area contributed by atoms with Crippen LogP contribution in [0.15, 0.2) is 18.2 Å². The molecule has 0 fully saturated rings. The largest absolute Gasteiger partial charge is 0.452 e. The van der Waals surface area contributed by atoms with Gasteiger partial charge in [-0.05, 0) is 49.5 Å². The van der Waals surface area contributed by atoms with Crippen molar-refractivity contribution in [3.8, 4) is 0 Å². The van der Waals surface area contributed by atoms with Crippen molar-refractivity contribution >= 4 is 34.1 Å². The Labute approximate surface area is 132 Å². The van der Waals surface area contributed by atoms with Crippen LogP contribution in [0.2, 0.25) is 0 Å². The van der Waals surface area contributed by atoms with Crippen molar-refractivity contribution in [2.24, 2.45) is 0 Å². The zero-order chi connectivity index (χ0) is 16.3. The molecule has 22 heavy (non-hydrogen) atoms. The van der Waals surface area contributed by atoms with Gasteiger partial charge >= 0.3 is 5.97 Å². The minimum absolute atomic E-state index is 0.226. The Bertz CT molecular complexity index is 705. The highest BCUT2D eigenvalue weighted by atomic mass is 32.1. The number of aryl methyl sites for hydroxylation is 2. The summed E-state index contributed by atoms with van der Waals surface area (Å²) >= 11 is 1.03. The van der Waals surface area contributed by atoms with Crippen molar-refractivity contribution in [2.45, 2.75) is 20.8 Å². The van der Waals surface area contributed by atoms with Crippen molar-refractivity contribution in [1.29, 1.82) is 0 Å². The monoisotopic (exact) mass is 319 g/mol. The number of nitrogens with one attached hydrogen (secondary N) is 1. The van der Waals surface area contributed by atoms with Crippen LogP contribution in [0.3, 0.4) is 0 Å². The van der Waals surface area contributed by atoms with Crippen LogP contribution >= 0.6 is 11.5 Å². The number of carbonyl (C=O) groups excluding carboxylic acids is 2. The van der Waals surface area contributed by atoms with Crippen molar-refractivity contribution in [1.82, 2.24) is 4.37 Å². The number of hydrogen-bond donors (Lipinski definition) is 2. The Balaban J connectivity index is 1.96. The molecule has 2 rings (SSSR count). The van der Waals surface area contributed by atoms with E-state index in [1.807, 2.05) is 26.0 Å². The van der Waals surface area contributed by atoms with Gasteiger partial charge in [-0.3, -0.25) is 4.79 Å². The minimum atomic E-state index is -0.639. The third kappa shape index (κ3) is 3.43. The fourth-order valence-electron chi connectivity index (χ4n) is 1.91. The molecule has 0 aliphatic carbocycles. The molecular formula is C15H17N3O3S. The summed E-state index contributed by atoms with van der Waals surface area (Å²) in [6, 6.07) is 5.61. The van der Waals surface area contributed by atoms with Gasteiger partial charge in [0.15, 0.2) is 6.61 Å². The van der Waals surface area contributed by atoms with E-state index in [1.165, 1.54) is 0 Å². The van der Waals surface area contributed by atoms with Crippen LogP contribution in [-0.2, 0) is 9.53 Å². The average Bonchev–Trinajstić information content (AvgIpc) is 2.81. The molecule has 2 aromatic rings. The predicted octanol–water partition coefficient (Wildman–Crippen LogP) is 2.45. The summed E-state index contributed by atoms with van der Waals surface area (Å²) in [5, 5.41) is 3.01. The van der Waals surface area contributed by atoms with Gasteiger partial charge in [0.2, 0.25) is 0 Å². The Morgan fingerprint density at radius 2 is 2.05 bits per heavy atom. The molecule has 116 valence electrons. The highest BCUT2D eigenvalue weighted by Crippen LogP contribution is 2.21. The zero-order valence-electron chi connectivity index (χ0n) is 12.6. The fraction of sp³-hybridized carbons (Fsp3) is 0.267. The van der Waals surface area contributed by atoms with Crippen molar-refractivity contribution in [3.05, 3.63) is 40.6 Å². The van der Waals surface area contributed by atoms with E-state index < -0.39 is 11.9 Å². The Hall–Kier alpha value is -2.41. The third-order valence-electron chi connectivity index (χ3n) is 3.31. The number of nitrogens with two attached hydrogens (primary N) is 1. The number of hydrogen-bond acceptors (Lipinski definition) is 6. The second kappa shape index (κ2) is 6.57. The summed E-state index contributed by atoms with van der Waals surface area (Å²) in [4.78, 5) is 23.8. The molecule has 1 amide bonds. The van der Waals surface area contributed by atoms with E-state index in [2.05, 4.69) is 9.69 Å². The topological polar surface area (TPSA) is 94.3 Å². The number of nitrogen functional groups attached to an aromatic ring is 1. The van der Waals surface area contributed by atoms with E-state index in [1.54, 1.807) is 13.0 Å². The van der Waals surface area contributed by atoms with E-state index in [9.17, 15) is 9.59 Å². The number of esters is 1. The lowest BCUT2D eigenvalue weighted by Crippen LogP contribution is -2.22. The van der Waals surface area contributed by atoms with Crippen LogP contribution in [0.1, 0.15) is 27.2 Å². The standard InChI is InChI=1S/C15H17N3O3S/c1-8-5-4-6-11(9(8)2)17-12(19)7-21-15(20)13-10(3)18-22-14(13)16/h4-6H,7,16H2,1-3H3,(H,17,19). The smallest absolute Gasteiger partial charge is 0.343 e. The van der Waals surface area contributed by atoms with Crippen LogP contribution in [-0.4, -0.2) is 22.9 Å². The van der Waals surface area contributed by atoms with E-state index in [-0.39, 0.29) is 17.2 Å². The number of rotatable bonds is 4. The molecule has 0 saturated heterocycles. The van der Waals surface area contributed by atoms with Gasteiger partial charge < -0.3 is 15.8 Å². The molecule has 0 bridgehead atoms. The molecule has 0 spiro atoms. The number of nitrogens with zero attached hydrogens (tertiary/aromatic N) is 1. The summed E-state index contributed by atoms with van der Waals surface area (Å²) in [5.41, 5.74) is 9.14. The molecule has 0 aliphatic rings. The first-order valence-electron chi connectivity index (χ1n) is 6.65. The molecule has 0 atom stereocenters. The highest BCUT2D eigenvalue weighted by Gasteiger charge is 2.19. The normalized spacial score (nSPS) is 10.3. The Kier molecular flexibility index (Phi) is 4.77. The number of amides is 1. The number of carbonyl (C=O) groups is 2. The third-order valence-corrected chi connectivity index (χ3v) is 4.07. The minimum Gasteiger partial charge on any atom is -0.452 e. The average molecular weight is 319 g/mol. The summed E-state index contributed by atoms with van der Waals surface area (Å²) in [6.45, 7) is 5.17. The summed E-state index contributed by atoms with van der Waals surface area (Å²) < 4.78 is 8.96. The maximum absolute atomic E-state index is 11.9. The van der Waals surface area contributed by atoms with E-state index in [4.69, 9.17) is 10.5 Å². The number of benzene rings is 1. The molecule has 0 unspecified atom stereocenters.